The van der Waals surface area contributed by atoms with Crippen LogP contribution in [0.25, 0.3) is 11.3 Å². The van der Waals surface area contributed by atoms with E-state index in [9.17, 15) is 13.2 Å². The van der Waals surface area contributed by atoms with Crippen LogP contribution in [0.5, 0.6) is 0 Å². The van der Waals surface area contributed by atoms with Crippen LogP contribution in [0.4, 0.5) is 19.0 Å². The molecule has 0 atom stereocenters. The van der Waals surface area contributed by atoms with Gasteiger partial charge in [0.15, 0.2) is 17.5 Å². The van der Waals surface area contributed by atoms with Gasteiger partial charge in [-0.15, -0.1) is 0 Å². The summed E-state index contributed by atoms with van der Waals surface area (Å²) in [5.74, 6) is -3.41. The minimum absolute atomic E-state index is 0.165. The Labute approximate surface area is 108 Å². The summed E-state index contributed by atoms with van der Waals surface area (Å²) in [6.07, 6.45) is 2.20. The van der Waals surface area contributed by atoms with E-state index in [-0.39, 0.29) is 5.56 Å². The molecule has 0 aliphatic carbocycles. The van der Waals surface area contributed by atoms with Gasteiger partial charge >= 0.3 is 0 Å². The van der Waals surface area contributed by atoms with Gasteiger partial charge in [0, 0.05) is 18.2 Å². The van der Waals surface area contributed by atoms with Gasteiger partial charge in [0.2, 0.25) is 0 Å². The fourth-order valence-corrected chi connectivity index (χ4v) is 1.57. The van der Waals surface area contributed by atoms with Crippen molar-refractivity contribution in [3.05, 3.63) is 42.0 Å². The van der Waals surface area contributed by atoms with Crippen molar-refractivity contribution in [3.63, 3.8) is 0 Å². The summed E-state index contributed by atoms with van der Waals surface area (Å²) in [5.41, 5.74) is 0.491. The first kappa shape index (κ1) is 13.3. The molecule has 19 heavy (non-hydrogen) atoms. The van der Waals surface area contributed by atoms with Crippen molar-refractivity contribution in [2.45, 2.75) is 13.3 Å². The molecule has 1 aromatic carbocycles. The molecule has 0 aliphatic rings. The quantitative estimate of drug-likeness (QED) is 0.863. The number of benzene rings is 1. The predicted molar refractivity (Wildman–Crippen MR) is 66.1 cm³/mol. The Bertz CT molecular complexity index is 564. The highest BCUT2D eigenvalue weighted by Crippen LogP contribution is 2.23. The monoisotopic (exact) mass is 267 g/mol. The second kappa shape index (κ2) is 5.69. The van der Waals surface area contributed by atoms with E-state index in [2.05, 4.69) is 15.3 Å². The molecule has 3 nitrogen and oxygen atoms in total. The largest absolute Gasteiger partial charge is 0.370 e. The smallest absolute Gasteiger partial charge is 0.194 e. The lowest BCUT2D eigenvalue weighted by Gasteiger charge is -2.06. The van der Waals surface area contributed by atoms with Crippen LogP contribution >= 0.6 is 0 Å². The van der Waals surface area contributed by atoms with Crippen LogP contribution in [-0.4, -0.2) is 16.5 Å². The lowest BCUT2D eigenvalue weighted by Crippen LogP contribution is -2.02. The van der Waals surface area contributed by atoms with Gasteiger partial charge in [0.25, 0.3) is 0 Å². The van der Waals surface area contributed by atoms with Crippen molar-refractivity contribution < 1.29 is 13.2 Å². The van der Waals surface area contributed by atoms with E-state index in [1.54, 1.807) is 6.07 Å². The highest BCUT2D eigenvalue weighted by molar-refractivity contribution is 5.62. The third kappa shape index (κ3) is 3.01. The molecular formula is C13H12F3N3. The maximum Gasteiger partial charge on any atom is 0.194 e. The molecule has 0 aliphatic heterocycles. The molecule has 2 aromatic rings. The molecule has 0 bridgehead atoms. The Balaban J connectivity index is 2.36. The zero-order chi connectivity index (χ0) is 13.8. The zero-order valence-electron chi connectivity index (χ0n) is 10.3. The summed E-state index contributed by atoms with van der Waals surface area (Å²) < 4.78 is 39.2. The van der Waals surface area contributed by atoms with Crippen molar-refractivity contribution in [2.75, 3.05) is 11.9 Å². The van der Waals surface area contributed by atoms with Crippen LogP contribution in [0, 0.1) is 17.5 Å². The van der Waals surface area contributed by atoms with E-state index >= 15 is 0 Å². The fraction of sp³-hybridized carbons (Fsp3) is 0.231. The summed E-state index contributed by atoms with van der Waals surface area (Å²) in [7, 11) is 0. The zero-order valence-corrected chi connectivity index (χ0v) is 10.3. The van der Waals surface area contributed by atoms with Gasteiger partial charge in [-0.2, -0.15) is 0 Å². The first-order valence-corrected chi connectivity index (χ1v) is 5.82. The SMILES string of the molecule is CCCNc1cc(-c2cc(F)c(F)c(F)c2)ncn1. The number of nitrogens with one attached hydrogen (secondary N) is 1. The molecule has 0 fully saturated rings. The summed E-state index contributed by atoms with van der Waals surface area (Å²) >= 11 is 0. The molecule has 0 saturated heterocycles. The van der Waals surface area contributed by atoms with E-state index in [4.69, 9.17) is 0 Å². The average Bonchev–Trinajstić information content (AvgIpc) is 2.42. The number of hydrogen-bond donors (Lipinski definition) is 1. The van der Waals surface area contributed by atoms with E-state index in [0.717, 1.165) is 25.1 Å². The predicted octanol–water partition coefficient (Wildman–Crippen LogP) is 3.38. The highest BCUT2D eigenvalue weighted by Gasteiger charge is 2.12. The molecule has 6 heteroatoms. The molecule has 0 radical (unpaired) electrons. The number of halogens is 3. The molecule has 1 N–H and O–H groups in total. The molecule has 0 spiro atoms. The van der Waals surface area contributed by atoms with Crippen molar-refractivity contribution in [1.82, 2.24) is 9.97 Å². The maximum atomic E-state index is 13.2. The number of hydrogen-bond acceptors (Lipinski definition) is 3. The summed E-state index contributed by atoms with van der Waals surface area (Å²) in [6.45, 7) is 2.72. The molecule has 2 rings (SSSR count). The first-order valence-electron chi connectivity index (χ1n) is 5.82. The second-order valence-electron chi connectivity index (χ2n) is 3.97. The molecule has 100 valence electrons. The number of aromatic nitrogens is 2. The lowest BCUT2D eigenvalue weighted by atomic mass is 10.1. The number of nitrogens with zero attached hydrogens (tertiary/aromatic N) is 2. The van der Waals surface area contributed by atoms with Crippen LogP contribution in [0.3, 0.4) is 0 Å². The molecule has 1 heterocycles. The molecule has 1 aromatic heterocycles. The van der Waals surface area contributed by atoms with Crippen LogP contribution in [-0.2, 0) is 0 Å². The Hall–Kier alpha value is -2.11. The average molecular weight is 267 g/mol. The Morgan fingerprint density at radius 3 is 2.37 bits per heavy atom. The number of rotatable bonds is 4. The van der Waals surface area contributed by atoms with Crippen molar-refractivity contribution in [1.29, 1.82) is 0 Å². The Kier molecular flexibility index (Phi) is 3.99. The molecule has 0 unspecified atom stereocenters. The normalized spacial score (nSPS) is 10.5. The maximum absolute atomic E-state index is 13.2. The topological polar surface area (TPSA) is 37.8 Å². The van der Waals surface area contributed by atoms with E-state index < -0.39 is 17.5 Å². The number of anilines is 1. The lowest BCUT2D eigenvalue weighted by molar-refractivity contribution is 0.447. The summed E-state index contributed by atoms with van der Waals surface area (Å²) in [4.78, 5) is 7.90. The molecule has 0 amide bonds. The fourth-order valence-electron chi connectivity index (χ4n) is 1.57. The Morgan fingerprint density at radius 1 is 1.05 bits per heavy atom. The Morgan fingerprint density at radius 2 is 1.74 bits per heavy atom. The van der Waals surface area contributed by atoms with Gasteiger partial charge in [0.1, 0.15) is 12.1 Å². The van der Waals surface area contributed by atoms with Crippen LogP contribution in [0.1, 0.15) is 13.3 Å². The van der Waals surface area contributed by atoms with E-state index in [1.165, 1.54) is 6.33 Å². The van der Waals surface area contributed by atoms with Gasteiger partial charge in [-0.25, -0.2) is 23.1 Å². The van der Waals surface area contributed by atoms with Crippen molar-refractivity contribution >= 4 is 5.82 Å². The van der Waals surface area contributed by atoms with Crippen LogP contribution in [0.2, 0.25) is 0 Å². The minimum atomic E-state index is -1.48. The summed E-state index contributed by atoms with van der Waals surface area (Å²) in [6, 6.07) is 3.37. The third-order valence-corrected chi connectivity index (χ3v) is 2.50. The van der Waals surface area contributed by atoms with Gasteiger partial charge in [-0.1, -0.05) is 6.92 Å². The second-order valence-corrected chi connectivity index (χ2v) is 3.97. The van der Waals surface area contributed by atoms with Gasteiger partial charge in [0.05, 0.1) is 5.69 Å². The summed E-state index contributed by atoms with van der Waals surface area (Å²) in [5, 5.41) is 3.03. The van der Waals surface area contributed by atoms with E-state index in [0.29, 0.717) is 11.5 Å². The molecular weight excluding hydrogens is 255 g/mol. The first-order chi connectivity index (χ1) is 9.11. The van der Waals surface area contributed by atoms with Crippen molar-refractivity contribution in [2.24, 2.45) is 0 Å². The molecule has 0 saturated carbocycles. The van der Waals surface area contributed by atoms with E-state index in [1.807, 2.05) is 6.92 Å². The van der Waals surface area contributed by atoms with Crippen LogP contribution in [0.15, 0.2) is 24.5 Å². The van der Waals surface area contributed by atoms with Gasteiger partial charge < -0.3 is 5.32 Å². The van der Waals surface area contributed by atoms with Crippen LogP contribution < -0.4 is 5.32 Å². The van der Waals surface area contributed by atoms with Gasteiger partial charge in [-0.3, -0.25) is 0 Å². The third-order valence-electron chi connectivity index (χ3n) is 2.50. The van der Waals surface area contributed by atoms with Crippen molar-refractivity contribution in [3.8, 4) is 11.3 Å². The minimum Gasteiger partial charge on any atom is -0.370 e. The van der Waals surface area contributed by atoms with Gasteiger partial charge in [-0.05, 0) is 18.6 Å². The highest BCUT2D eigenvalue weighted by atomic mass is 19.2. The standard InChI is InChI=1S/C13H12F3N3/c1-2-3-17-12-6-11(18-7-19-12)8-4-9(14)13(16)10(15)5-8/h4-7H,2-3H2,1H3,(H,17,18,19).